The van der Waals surface area contributed by atoms with Crippen molar-refractivity contribution in [2.45, 2.75) is 26.3 Å². The molecule has 0 heterocycles. The predicted octanol–water partition coefficient (Wildman–Crippen LogP) is 3.75. The van der Waals surface area contributed by atoms with Crippen molar-refractivity contribution < 1.29 is 4.79 Å². The number of carbonyl (C=O) groups excluding carboxylic acids is 1. The van der Waals surface area contributed by atoms with Crippen LogP contribution in [0.25, 0.3) is 0 Å². The molecule has 2 rings (SSSR count). The van der Waals surface area contributed by atoms with Crippen molar-refractivity contribution in [3.05, 3.63) is 71.3 Å². The second-order valence-corrected chi connectivity index (χ2v) is 5.58. The third-order valence-corrected chi connectivity index (χ3v) is 3.64. The van der Waals surface area contributed by atoms with Gasteiger partial charge in [-0.2, -0.15) is 0 Å². The van der Waals surface area contributed by atoms with Gasteiger partial charge in [0.25, 0.3) is 5.91 Å². The monoisotopic (exact) mass is 312 g/mol. The van der Waals surface area contributed by atoms with E-state index in [4.69, 9.17) is 12.2 Å². The van der Waals surface area contributed by atoms with Gasteiger partial charge in [0.2, 0.25) is 0 Å². The van der Waals surface area contributed by atoms with Crippen LogP contribution in [0.5, 0.6) is 0 Å². The van der Waals surface area contributed by atoms with E-state index in [1.165, 1.54) is 0 Å². The fraction of sp³-hybridized carbons (Fsp3) is 0.222. The van der Waals surface area contributed by atoms with E-state index in [1.807, 2.05) is 55.5 Å². The maximum atomic E-state index is 12.2. The zero-order chi connectivity index (χ0) is 15.9. The molecular weight excluding hydrogens is 292 g/mol. The minimum Gasteiger partial charge on any atom is -0.356 e. The molecule has 0 bridgehead atoms. The van der Waals surface area contributed by atoms with Gasteiger partial charge in [-0.1, -0.05) is 55.0 Å². The lowest BCUT2D eigenvalue weighted by Crippen LogP contribution is -2.40. The quantitative estimate of drug-likeness (QED) is 0.845. The zero-order valence-electron chi connectivity index (χ0n) is 12.8. The van der Waals surface area contributed by atoms with Crippen LogP contribution in [0, 0.1) is 6.92 Å². The van der Waals surface area contributed by atoms with Crippen LogP contribution in [0.4, 0.5) is 0 Å². The lowest BCUT2D eigenvalue weighted by molar-refractivity contribution is 0.0976. The lowest BCUT2D eigenvalue weighted by atomic mass is 10.1. The number of hydrogen-bond acceptors (Lipinski definition) is 2. The third-order valence-electron chi connectivity index (χ3n) is 3.42. The standard InChI is InChI=1S/C18H20N2OS/c1-3-16(14-9-5-4-6-10-14)19-18(22)20-17(21)15-11-7-8-13(2)12-15/h4-12,16H,3H2,1-2H3,(H2,19,20,21,22). The minimum absolute atomic E-state index is 0.0894. The Labute approximate surface area is 136 Å². The van der Waals surface area contributed by atoms with Crippen LogP contribution in [0.3, 0.4) is 0 Å². The number of carbonyl (C=O) groups is 1. The molecule has 0 aliphatic carbocycles. The van der Waals surface area contributed by atoms with Gasteiger partial charge in [-0.3, -0.25) is 10.1 Å². The first-order valence-electron chi connectivity index (χ1n) is 7.33. The molecule has 0 saturated carbocycles. The number of thiocarbonyl (C=S) groups is 1. The van der Waals surface area contributed by atoms with Crippen LogP contribution in [-0.2, 0) is 0 Å². The van der Waals surface area contributed by atoms with E-state index in [2.05, 4.69) is 17.6 Å². The summed E-state index contributed by atoms with van der Waals surface area (Å²) in [4.78, 5) is 12.2. The Morgan fingerprint density at radius 3 is 2.50 bits per heavy atom. The van der Waals surface area contributed by atoms with Crippen molar-refractivity contribution in [1.29, 1.82) is 0 Å². The van der Waals surface area contributed by atoms with Crippen LogP contribution >= 0.6 is 12.2 Å². The summed E-state index contributed by atoms with van der Waals surface area (Å²) >= 11 is 5.26. The highest BCUT2D eigenvalue weighted by Crippen LogP contribution is 2.15. The minimum atomic E-state index is -0.191. The van der Waals surface area contributed by atoms with E-state index >= 15 is 0 Å². The summed E-state index contributed by atoms with van der Waals surface area (Å²) in [7, 11) is 0. The summed E-state index contributed by atoms with van der Waals surface area (Å²) in [5.41, 5.74) is 2.80. The van der Waals surface area contributed by atoms with Crippen molar-refractivity contribution in [3.63, 3.8) is 0 Å². The Morgan fingerprint density at radius 2 is 1.86 bits per heavy atom. The summed E-state index contributed by atoms with van der Waals surface area (Å²) in [5.74, 6) is -0.191. The molecule has 0 aliphatic rings. The fourth-order valence-corrected chi connectivity index (χ4v) is 2.50. The molecule has 0 aromatic heterocycles. The van der Waals surface area contributed by atoms with Crippen LogP contribution in [0.15, 0.2) is 54.6 Å². The Kier molecular flexibility index (Phi) is 5.67. The van der Waals surface area contributed by atoms with E-state index in [-0.39, 0.29) is 11.9 Å². The molecule has 2 aromatic carbocycles. The topological polar surface area (TPSA) is 41.1 Å². The number of aryl methyl sites for hydroxylation is 1. The molecule has 3 nitrogen and oxygen atoms in total. The SMILES string of the molecule is CCC(NC(=S)NC(=O)c1cccc(C)c1)c1ccccc1. The van der Waals surface area contributed by atoms with Gasteiger partial charge in [-0.25, -0.2) is 0 Å². The highest BCUT2D eigenvalue weighted by atomic mass is 32.1. The maximum absolute atomic E-state index is 12.2. The van der Waals surface area contributed by atoms with Crippen LogP contribution < -0.4 is 10.6 Å². The van der Waals surface area contributed by atoms with Gasteiger partial charge in [0.05, 0.1) is 6.04 Å². The molecule has 2 N–H and O–H groups in total. The molecule has 4 heteroatoms. The molecule has 1 amide bonds. The highest BCUT2D eigenvalue weighted by Gasteiger charge is 2.13. The van der Waals surface area contributed by atoms with Crippen LogP contribution in [-0.4, -0.2) is 11.0 Å². The van der Waals surface area contributed by atoms with Gasteiger partial charge in [0.1, 0.15) is 0 Å². The predicted molar refractivity (Wildman–Crippen MR) is 93.9 cm³/mol. The molecular formula is C18H20N2OS. The molecule has 114 valence electrons. The van der Waals surface area contributed by atoms with Crippen LogP contribution in [0.2, 0.25) is 0 Å². The number of amides is 1. The Bertz CT molecular complexity index is 655. The van der Waals surface area contributed by atoms with Crippen LogP contribution in [0.1, 0.15) is 40.9 Å². The van der Waals surface area contributed by atoms with Crippen molar-refractivity contribution in [2.24, 2.45) is 0 Å². The Morgan fingerprint density at radius 1 is 1.14 bits per heavy atom. The Balaban J connectivity index is 1.98. The molecule has 0 saturated heterocycles. The third kappa shape index (κ3) is 4.40. The number of nitrogens with one attached hydrogen (secondary N) is 2. The molecule has 0 fully saturated rings. The largest absolute Gasteiger partial charge is 0.356 e. The van der Waals surface area contributed by atoms with Gasteiger partial charge in [-0.15, -0.1) is 0 Å². The lowest BCUT2D eigenvalue weighted by Gasteiger charge is -2.19. The molecule has 0 spiro atoms. The smallest absolute Gasteiger partial charge is 0.257 e. The van der Waals surface area contributed by atoms with E-state index in [1.54, 1.807) is 6.07 Å². The number of rotatable bonds is 4. The molecule has 1 unspecified atom stereocenters. The fourth-order valence-electron chi connectivity index (χ4n) is 2.26. The van der Waals surface area contributed by atoms with Crippen molar-refractivity contribution >= 4 is 23.2 Å². The summed E-state index contributed by atoms with van der Waals surface area (Å²) in [6.45, 7) is 4.03. The first-order valence-corrected chi connectivity index (χ1v) is 7.74. The van der Waals surface area contributed by atoms with Gasteiger partial charge >= 0.3 is 0 Å². The normalized spacial score (nSPS) is 11.5. The maximum Gasteiger partial charge on any atom is 0.257 e. The van der Waals surface area contributed by atoms with Gasteiger partial charge in [0, 0.05) is 5.56 Å². The van der Waals surface area contributed by atoms with Crippen molar-refractivity contribution in [2.75, 3.05) is 0 Å². The molecule has 1 atom stereocenters. The molecule has 0 radical (unpaired) electrons. The van der Waals surface area contributed by atoms with E-state index in [0.29, 0.717) is 10.7 Å². The number of hydrogen-bond donors (Lipinski definition) is 2. The van der Waals surface area contributed by atoms with Gasteiger partial charge < -0.3 is 5.32 Å². The first kappa shape index (κ1) is 16.2. The summed E-state index contributed by atoms with van der Waals surface area (Å²) in [5, 5.41) is 6.29. The summed E-state index contributed by atoms with van der Waals surface area (Å²) in [6.07, 6.45) is 0.879. The second-order valence-electron chi connectivity index (χ2n) is 5.17. The summed E-state index contributed by atoms with van der Waals surface area (Å²) < 4.78 is 0. The van der Waals surface area contributed by atoms with E-state index < -0.39 is 0 Å². The van der Waals surface area contributed by atoms with Crippen molar-refractivity contribution in [1.82, 2.24) is 10.6 Å². The first-order chi connectivity index (χ1) is 10.6. The van der Waals surface area contributed by atoms with Gasteiger partial charge in [-0.05, 0) is 43.3 Å². The highest BCUT2D eigenvalue weighted by molar-refractivity contribution is 7.80. The average molecular weight is 312 g/mol. The number of benzene rings is 2. The van der Waals surface area contributed by atoms with Gasteiger partial charge in [0.15, 0.2) is 5.11 Å². The molecule has 22 heavy (non-hydrogen) atoms. The second kappa shape index (κ2) is 7.71. The Hall–Kier alpha value is -2.20. The average Bonchev–Trinajstić information content (AvgIpc) is 2.53. The summed E-state index contributed by atoms with van der Waals surface area (Å²) in [6, 6.07) is 17.6. The zero-order valence-corrected chi connectivity index (χ0v) is 13.6. The van der Waals surface area contributed by atoms with E-state index in [9.17, 15) is 4.79 Å². The van der Waals surface area contributed by atoms with E-state index in [0.717, 1.165) is 17.5 Å². The van der Waals surface area contributed by atoms with Crippen molar-refractivity contribution in [3.8, 4) is 0 Å². The molecule has 2 aromatic rings. The molecule has 0 aliphatic heterocycles.